The number of anilines is 3. The second kappa shape index (κ2) is 12.2. The van der Waals surface area contributed by atoms with Crippen LogP contribution in [0, 0.1) is 5.92 Å². The fourth-order valence-electron chi connectivity index (χ4n) is 4.96. The van der Waals surface area contributed by atoms with E-state index in [-0.39, 0.29) is 6.09 Å². The minimum absolute atomic E-state index is 0.299. The van der Waals surface area contributed by atoms with Crippen molar-refractivity contribution >= 4 is 34.3 Å². The Labute approximate surface area is 247 Å². The van der Waals surface area contributed by atoms with Crippen LogP contribution in [0.1, 0.15) is 40.3 Å². The average Bonchev–Trinajstić information content (AvgIpc) is 2.96. The van der Waals surface area contributed by atoms with Crippen LogP contribution in [0.5, 0.6) is 5.75 Å². The molecule has 1 fully saturated rings. The maximum atomic E-state index is 12.7. The first kappa shape index (κ1) is 29.0. The van der Waals surface area contributed by atoms with Gasteiger partial charge in [0.15, 0.2) is 11.6 Å². The maximum Gasteiger partial charge on any atom is 0.410 e. The Balaban J connectivity index is 1.54. The number of para-hydroxylation sites is 1. The van der Waals surface area contributed by atoms with Crippen molar-refractivity contribution in [2.75, 3.05) is 43.5 Å². The Morgan fingerprint density at radius 1 is 1.02 bits per heavy atom. The predicted molar refractivity (Wildman–Crippen MR) is 165 cm³/mol. The van der Waals surface area contributed by atoms with Crippen molar-refractivity contribution in [2.24, 2.45) is 5.92 Å². The van der Waals surface area contributed by atoms with E-state index in [1.54, 1.807) is 18.2 Å². The van der Waals surface area contributed by atoms with Gasteiger partial charge in [-0.15, -0.1) is 0 Å². The second-order valence-corrected chi connectivity index (χ2v) is 11.8. The van der Waals surface area contributed by atoms with E-state index in [0.29, 0.717) is 55.0 Å². The quantitative estimate of drug-likeness (QED) is 0.283. The molecular weight excluding hydrogens is 530 g/mol. The standard InChI is InChI=1S/C32H39N7O3/c1-21(2)18-24-28(41-6)27-25(20-34-24)36-29(22-12-13-33-26(19-22)35-23-10-8-7-9-11-23)37-30(27)38-14-16-39(17-15-38)31(40)42-32(3,4)5/h7-13,19-21H,14-18H2,1-6H3,(H,33,35). The van der Waals surface area contributed by atoms with Gasteiger partial charge in [-0.1, -0.05) is 32.0 Å². The van der Waals surface area contributed by atoms with Crippen molar-refractivity contribution in [2.45, 2.75) is 46.6 Å². The van der Waals surface area contributed by atoms with E-state index in [1.165, 1.54) is 0 Å². The molecule has 0 bridgehead atoms. The zero-order valence-corrected chi connectivity index (χ0v) is 25.2. The van der Waals surface area contributed by atoms with Crippen LogP contribution in [0.2, 0.25) is 0 Å². The summed E-state index contributed by atoms with van der Waals surface area (Å²) in [5.74, 6) is 3.11. The van der Waals surface area contributed by atoms with Gasteiger partial charge in [0, 0.05) is 43.6 Å². The van der Waals surface area contributed by atoms with Gasteiger partial charge >= 0.3 is 6.09 Å². The van der Waals surface area contributed by atoms with E-state index in [1.807, 2.05) is 69.4 Å². The highest BCUT2D eigenvalue weighted by molar-refractivity contribution is 5.96. The van der Waals surface area contributed by atoms with Gasteiger partial charge in [0.1, 0.15) is 17.2 Å². The summed E-state index contributed by atoms with van der Waals surface area (Å²) in [5, 5.41) is 4.17. The first-order valence-corrected chi connectivity index (χ1v) is 14.4. The molecule has 1 aromatic carbocycles. The number of carbonyl (C=O) groups excluding carboxylic acids is 1. The van der Waals surface area contributed by atoms with Gasteiger partial charge in [-0.2, -0.15) is 0 Å². The molecule has 10 nitrogen and oxygen atoms in total. The number of carbonyl (C=O) groups is 1. The number of benzene rings is 1. The summed E-state index contributed by atoms with van der Waals surface area (Å²) in [6.45, 7) is 12.2. The van der Waals surface area contributed by atoms with Gasteiger partial charge in [-0.25, -0.2) is 19.7 Å². The molecule has 1 saturated heterocycles. The number of nitrogens with zero attached hydrogens (tertiary/aromatic N) is 6. The highest BCUT2D eigenvalue weighted by atomic mass is 16.6. The smallest absolute Gasteiger partial charge is 0.410 e. The Morgan fingerprint density at radius 2 is 1.76 bits per heavy atom. The molecule has 0 unspecified atom stereocenters. The summed E-state index contributed by atoms with van der Waals surface area (Å²) in [5.41, 5.74) is 2.80. The highest BCUT2D eigenvalue weighted by Crippen LogP contribution is 2.37. The van der Waals surface area contributed by atoms with E-state index in [2.05, 4.69) is 29.0 Å². The molecular formula is C32H39N7O3. The number of ether oxygens (including phenoxy) is 2. The fourth-order valence-corrected chi connectivity index (χ4v) is 4.96. The van der Waals surface area contributed by atoms with Crippen molar-refractivity contribution in [1.82, 2.24) is 24.8 Å². The molecule has 1 N–H and O–H groups in total. The first-order chi connectivity index (χ1) is 20.1. The second-order valence-electron chi connectivity index (χ2n) is 11.8. The van der Waals surface area contributed by atoms with E-state index < -0.39 is 5.60 Å². The molecule has 0 spiro atoms. The molecule has 0 atom stereocenters. The molecule has 0 saturated carbocycles. The summed E-state index contributed by atoms with van der Waals surface area (Å²) >= 11 is 0. The van der Waals surface area contributed by atoms with E-state index >= 15 is 0 Å². The first-order valence-electron chi connectivity index (χ1n) is 14.4. The number of fused-ring (bicyclic) bond motifs is 1. The van der Waals surface area contributed by atoms with Gasteiger partial charge in [0.25, 0.3) is 0 Å². The third-order valence-corrected chi connectivity index (χ3v) is 6.85. The SMILES string of the molecule is COc1c(CC(C)C)ncc2nc(-c3ccnc(Nc4ccccc4)c3)nc(N3CCN(C(=O)OC(C)(C)C)CC3)c12. The summed E-state index contributed by atoms with van der Waals surface area (Å²) < 4.78 is 11.6. The topological polar surface area (TPSA) is 106 Å². The molecule has 4 aromatic rings. The van der Waals surface area contributed by atoms with Crippen molar-refractivity contribution in [1.29, 1.82) is 0 Å². The molecule has 3 aromatic heterocycles. The number of aromatic nitrogens is 4. The number of nitrogens with one attached hydrogen (secondary N) is 1. The fraction of sp³-hybridized carbons (Fsp3) is 0.406. The monoisotopic (exact) mass is 569 g/mol. The predicted octanol–water partition coefficient (Wildman–Crippen LogP) is 6.09. The average molecular weight is 570 g/mol. The summed E-state index contributed by atoms with van der Waals surface area (Å²) in [6.07, 6.45) is 4.03. The minimum Gasteiger partial charge on any atom is -0.494 e. The summed E-state index contributed by atoms with van der Waals surface area (Å²) in [7, 11) is 1.67. The molecule has 1 amide bonds. The van der Waals surface area contributed by atoms with Crippen molar-refractivity contribution in [3.63, 3.8) is 0 Å². The molecule has 42 heavy (non-hydrogen) atoms. The Kier molecular flexibility index (Phi) is 8.42. The van der Waals surface area contributed by atoms with E-state index in [0.717, 1.165) is 34.6 Å². The van der Waals surface area contributed by atoms with Crippen LogP contribution in [-0.4, -0.2) is 69.8 Å². The molecule has 1 aliphatic heterocycles. The van der Waals surface area contributed by atoms with Gasteiger partial charge in [0.2, 0.25) is 0 Å². The van der Waals surface area contributed by atoms with Crippen molar-refractivity contribution in [3.8, 4) is 17.1 Å². The summed E-state index contributed by atoms with van der Waals surface area (Å²) in [4.78, 5) is 36.0. The molecule has 220 valence electrons. The molecule has 4 heterocycles. The molecule has 10 heteroatoms. The number of methoxy groups -OCH3 is 1. The Hall–Kier alpha value is -4.47. The van der Waals surface area contributed by atoms with Gasteiger partial charge in [0.05, 0.1) is 29.9 Å². The lowest BCUT2D eigenvalue weighted by Gasteiger charge is -2.36. The van der Waals surface area contributed by atoms with E-state index in [9.17, 15) is 4.79 Å². The van der Waals surface area contributed by atoms with Crippen LogP contribution < -0.4 is 15.0 Å². The lowest BCUT2D eigenvalue weighted by Crippen LogP contribution is -2.50. The van der Waals surface area contributed by atoms with Crippen molar-refractivity contribution < 1.29 is 14.3 Å². The van der Waals surface area contributed by atoms with E-state index in [4.69, 9.17) is 24.4 Å². The molecule has 1 aliphatic rings. The van der Waals surface area contributed by atoms with Gasteiger partial charge in [-0.05, 0) is 57.4 Å². The van der Waals surface area contributed by atoms with Gasteiger partial charge < -0.3 is 24.6 Å². The number of hydrogen-bond acceptors (Lipinski definition) is 9. The van der Waals surface area contributed by atoms with Gasteiger partial charge in [-0.3, -0.25) is 4.98 Å². The molecule has 0 aliphatic carbocycles. The zero-order chi connectivity index (χ0) is 29.9. The largest absolute Gasteiger partial charge is 0.494 e. The Bertz CT molecular complexity index is 1550. The number of piperazine rings is 1. The van der Waals surface area contributed by atoms with Crippen LogP contribution >= 0.6 is 0 Å². The normalized spacial score (nSPS) is 13.9. The van der Waals surface area contributed by atoms with Crippen LogP contribution in [-0.2, 0) is 11.2 Å². The lowest BCUT2D eigenvalue weighted by atomic mass is 10.0. The van der Waals surface area contributed by atoms with Crippen LogP contribution in [0.25, 0.3) is 22.3 Å². The maximum absolute atomic E-state index is 12.7. The number of pyridine rings is 2. The zero-order valence-electron chi connectivity index (χ0n) is 25.2. The third-order valence-electron chi connectivity index (χ3n) is 6.85. The van der Waals surface area contributed by atoms with Crippen LogP contribution in [0.3, 0.4) is 0 Å². The number of amides is 1. The third kappa shape index (κ3) is 6.70. The van der Waals surface area contributed by atoms with Crippen LogP contribution in [0.4, 0.5) is 22.1 Å². The number of hydrogen-bond donors (Lipinski definition) is 1. The summed E-state index contributed by atoms with van der Waals surface area (Å²) in [6, 6.07) is 13.7. The Morgan fingerprint density at radius 3 is 2.43 bits per heavy atom. The van der Waals surface area contributed by atoms with Crippen molar-refractivity contribution in [3.05, 3.63) is 60.6 Å². The number of rotatable bonds is 7. The molecule has 5 rings (SSSR count). The lowest BCUT2D eigenvalue weighted by molar-refractivity contribution is 0.0240. The van der Waals surface area contributed by atoms with Crippen LogP contribution in [0.15, 0.2) is 54.9 Å². The highest BCUT2D eigenvalue weighted by Gasteiger charge is 2.29. The minimum atomic E-state index is -0.544. The molecule has 0 radical (unpaired) electrons.